The van der Waals surface area contributed by atoms with Crippen molar-refractivity contribution in [1.82, 2.24) is 6.15 Å². The molecule has 0 rings (SSSR count). The highest BCUT2D eigenvalue weighted by Crippen LogP contribution is 2.10. The molecule has 0 aromatic carbocycles. The summed E-state index contributed by atoms with van der Waals surface area (Å²) in [6.07, 6.45) is 22.0. The van der Waals surface area contributed by atoms with Crippen molar-refractivity contribution in [1.29, 1.82) is 0 Å². The minimum Gasteiger partial charge on any atom is -0.469 e. The van der Waals surface area contributed by atoms with Crippen LogP contribution in [-0.2, 0) is 9.53 Å². The first kappa shape index (κ1) is 23.4. The fourth-order valence-electron chi connectivity index (χ4n) is 2.44. The van der Waals surface area contributed by atoms with E-state index in [0.29, 0.717) is 6.42 Å². The second-order valence-corrected chi connectivity index (χ2v) is 5.91. The second-order valence-electron chi connectivity index (χ2n) is 5.91. The van der Waals surface area contributed by atoms with Crippen molar-refractivity contribution in [3.8, 4) is 0 Å². The average molecular weight is 314 g/mol. The molecule has 0 radical (unpaired) electrons. The summed E-state index contributed by atoms with van der Waals surface area (Å²) < 4.78 is 4.62. The number of ether oxygens (including phenoxy) is 1. The fourth-order valence-corrected chi connectivity index (χ4v) is 2.44. The molecule has 3 N–H and O–H groups in total. The summed E-state index contributed by atoms with van der Waals surface area (Å²) in [4.78, 5) is 10.9. The van der Waals surface area contributed by atoms with E-state index < -0.39 is 0 Å². The van der Waals surface area contributed by atoms with E-state index in [1.165, 1.54) is 77.7 Å². The third-order valence-corrected chi connectivity index (χ3v) is 3.87. The number of carbonyl (C=O) groups is 1. The lowest BCUT2D eigenvalue weighted by molar-refractivity contribution is -0.140. The minimum absolute atomic E-state index is 0. The maximum absolute atomic E-state index is 10.9. The average Bonchev–Trinajstić information content (AvgIpc) is 2.50. The first-order chi connectivity index (χ1) is 10.3. The van der Waals surface area contributed by atoms with Crippen LogP contribution in [0.2, 0.25) is 0 Å². The molecule has 0 atom stereocenters. The van der Waals surface area contributed by atoms with Gasteiger partial charge in [-0.25, -0.2) is 0 Å². The fraction of sp³-hybridized carbons (Fsp3) is 0.842. The molecule has 0 bridgehead atoms. The van der Waals surface area contributed by atoms with Gasteiger partial charge in [-0.15, -0.1) is 0 Å². The van der Waals surface area contributed by atoms with E-state index in [-0.39, 0.29) is 12.1 Å². The van der Waals surface area contributed by atoms with E-state index in [2.05, 4.69) is 23.8 Å². The number of allylic oxidation sites excluding steroid dienone is 2. The molecular weight excluding hydrogens is 274 g/mol. The predicted molar refractivity (Wildman–Crippen MR) is 96.5 cm³/mol. The third-order valence-electron chi connectivity index (χ3n) is 3.87. The summed E-state index contributed by atoms with van der Waals surface area (Å²) in [6, 6.07) is 0. The van der Waals surface area contributed by atoms with Gasteiger partial charge in [-0.3, -0.25) is 4.79 Å². The lowest BCUT2D eigenvalue weighted by Gasteiger charge is -2.00. The molecule has 3 nitrogen and oxygen atoms in total. The summed E-state index contributed by atoms with van der Waals surface area (Å²) in [5, 5.41) is 0. The molecule has 0 heterocycles. The molecule has 0 fully saturated rings. The van der Waals surface area contributed by atoms with Gasteiger partial charge in [0.2, 0.25) is 0 Å². The lowest BCUT2D eigenvalue weighted by atomic mass is 10.1. The number of methoxy groups -OCH3 is 1. The number of hydrogen-bond acceptors (Lipinski definition) is 3. The van der Waals surface area contributed by atoms with Gasteiger partial charge in [0.05, 0.1) is 7.11 Å². The van der Waals surface area contributed by atoms with Gasteiger partial charge in [0.25, 0.3) is 0 Å². The van der Waals surface area contributed by atoms with Crippen molar-refractivity contribution in [2.75, 3.05) is 7.11 Å². The highest BCUT2D eigenvalue weighted by atomic mass is 16.5. The van der Waals surface area contributed by atoms with Crippen LogP contribution in [0.15, 0.2) is 12.2 Å². The van der Waals surface area contributed by atoms with Crippen molar-refractivity contribution in [3.05, 3.63) is 12.2 Å². The van der Waals surface area contributed by atoms with Crippen molar-refractivity contribution < 1.29 is 9.53 Å². The van der Waals surface area contributed by atoms with Crippen LogP contribution in [0.4, 0.5) is 0 Å². The normalized spacial score (nSPS) is 10.6. The zero-order valence-corrected chi connectivity index (χ0v) is 15.1. The van der Waals surface area contributed by atoms with Crippen molar-refractivity contribution in [3.63, 3.8) is 0 Å². The topological polar surface area (TPSA) is 61.3 Å². The van der Waals surface area contributed by atoms with Crippen molar-refractivity contribution >= 4 is 5.97 Å². The van der Waals surface area contributed by atoms with E-state index in [9.17, 15) is 4.79 Å². The van der Waals surface area contributed by atoms with Gasteiger partial charge in [-0.2, -0.15) is 0 Å². The molecule has 0 unspecified atom stereocenters. The van der Waals surface area contributed by atoms with Gasteiger partial charge in [0.15, 0.2) is 0 Å². The molecule has 0 saturated heterocycles. The summed E-state index contributed by atoms with van der Waals surface area (Å²) >= 11 is 0. The van der Waals surface area contributed by atoms with E-state index >= 15 is 0 Å². The highest BCUT2D eigenvalue weighted by molar-refractivity contribution is 5.68. The Bertz CT molecular complexity index is 252. The van der Waals surface area contributed by atoms with Gasteiger partial charge in [-0.1, -0.05) is 70.4 Å². The highest BCUT2D eigenvalue weighted by Gasteiger charge is 1.98. The number of unbranched alkanes of at least 4 members (excludes halogenated alkanes) is 11. The smallest absolute Gasteiger partial charge is 0.305 e. The Labute approximate surface area is 138 Å². The number of hydrogen-bond donors (Lipinski definition) is 1. The molecule has 132 valence electrons. The molecule has 0 amide bonds. The lowest BCUT2D eigenvalue weighted by Crippen LogP contribution is -1.98. The quantitative estimate of drug-likeness (QED) is 0.217. The number of esters is 1. The third kappa shape index (κ3) is 19.2. The standard InChI is InChI=1S/C19H36O2.H3N/c1-3-4-5-6-7-8-9-10-11-12-13-14-15-16-17-18-19(20)21-2;/h10-11H,3-9,12-18H2,1-2H3;1H3/b11-10-;. The van der Waals surface area contributed by atoms with Crippen molar-refractivity contribution in [2.24, 2.45) is 0 Å². The molecule has 0 spiro atoms. The van der Waals surface area contributed by atoms with Gasteiger partial charge in [-0.05, 0) is 32.1 Å². The van der Waals surface area contributed by atoms with Crippen LogP contribution in [0.1, 0.15) is 96.8 Å². The molecule has 0 aromatic heterocycles. The van der Waals surface area contributed by atoms with Crippen LogP contribution in [0.25, 0.3) is 0 Å². The van der Waals surface area contributed by atoms with Crippen molar-refractivity contribution in [2.45, 2.75) is 96.8 Å². The Morgan fingerprint density at radius 2 is 1.23 bits per heavy atom. The van der Waals surface area contributed by atoms with Crippen LogP contribution in [0.3, 0.4) is 0 Å². The van der Waals surface area contributed by atoms with Crippen LogP contribution in [0.5, 0.6) is 0 Å². The molecule has 0 aliphatic rings. The molecular formula is C19H39NO2. The zero-order valence-electron chi connectivity index (χ0n) is 15.1. The number of rotatable bonds is 15. The Hall–Kier alpha value is -0.830. The maximum atomic E-state index is 10.9. The Morgan fingerprint density at radius 3 is 1.73 bits per heavy atom. The second kappa shape index (κ2) is 20.2. The summed E-state index contributed by atoms with van der Waals surface area (Å²) in [6.45, 7) is 2.27. The van der Waals surface area contributed by atoms with Crippen LogP contribution in [-0.4, -0.2) is 13.1 Å². The number of carbonyl (C=O) groups excluding carboxylic acids is 1. The first-order valence-corrected chi connectivity index (χ1v) is 9.03. The SMILES string of the molecule is CCCCCCCC/C=C\CCCCCCCC(=O)OC.N. The van der Waals surface area contributed by atoms with Gasteiger partial charge >= 0.3 is 5.97 Å². The Morgan fingerprint density at radius 1 is 0.773 bits per heavy atom. The largest absolute Gasteiger partial charge is 0.469 e. The molecule has 3 heteroatoms. The first-order valence-electron chi connectivity index (χ1n) is 9.03. The van der Waals surface area contributed by atoms with E-state index in [1.807, 2.05) is 0 Å². The maximum Gasteiger partial charge on any atom is 0.305 e. The Kier molecular flexibility index (Phi) is 21.5. The molecule has 0 saturated carbocycles. The van der Waals surface area contributed by atoms with Crippen LogP contribution in [0, 0.1) is 0 Å². The molecule has 0 aliphatic carbocycles. The summed E-state index contributed by atoms with van der Waals surface area (Å²) in [5.74, 6) is -0.0763. The van der Waals surface area contributed by atoms with E-state index in [1.54, 1.807) is 0 Å². The van der Waals surface area contributed by atoms with Crippen LogP contribution < -0.4 is 6.15 Å². The van der Waals surface area contributed by atoms with Crippen LogP contribution >= 0.6 is 0 Å². The zero-order chi connectivity index (χ0) is 15.6. The molecule has 22 heavy (non-hydrogen) atoms. The van der Waals surface area contributed by atoms with Gasteiger partial charge in [0.1, 0.15) is 0 Å². The monoisotopic (exact) mass is 313 g/mol. The van der Waals surface area contributed by atoms with E-state index in [0.717, 1.165) is 12.8 Å². The van der Waals surface area contributed by atoms with Gasteiger partial charge in [0, 0.05) is 6.42 Å². The minimum atomic E-state index is -0.0763. The Balaban J connectivity index is 0. The summed E-state index contributed by atoms with van der Waals surface area (Å²) in [7, 11) is 1.46. The molecule has 0 aliphatic heterocycles. The molecule has 0 aromatic rings. The van der Waals surface area contributed by atoms with Gasteiger partial charge < -0.3 is 10.9 Å². The summed E-state index contributed by atoms with van der Waals surface area (Å²) in [5.41, 5.74) is 0. The predicted octanol–water partition coefficient (Wildman–Crippen LogP) is 6.36. The van der Waals surface area contributed by atoms with E-state index in [4.69, 9.17) is 0 Å².